The Bertz CT molecular complexity index is 776. The van der Waals surface area contributed by atoms with Crippen molar-refractivity contribution in [1.82, 2.24) is 4.57 Å². The van der Waals surface area contributed by atoms with Gasteiger partial charge >= 0.3 is 35.6 Å². The molecule has 4 atom stereocenters. The molecule has 0 aromatic heterocycles. The molecule has 32 heavy (non-hydrogen) atoms. The number of rotatable bonds is 4. The zero-order chi connectivity index (χ0) is 22.6. The molecular weight excluding hydrogens is 489 g/mol. The van der Waals surface area contributed by atoms with Gasteiger partial charge in [-0.1, -0.05) is 75.0 Å². The van der Waals surface area contributed by atoms with Gasteiger partial charge in [0, 0.05) is 0 Å². The molecule has 1 saturated heterocycles. The second kappa shape index (κ2) is 12.7. The fourth-order valence-electron chi connectivity index (χ4n) is 5.89. The second-order valence-electron chi connectivity index (χ2n) is 9.86. The van der Waals surface area contributed by atoms with Gasteiger partial charge < -0.3 is 22.6 Å². The van der Waals surface area contributed by atoms with Gasteiger partial charge in [0.2, 0.25) is 0 Å². The number of hydrogen-bond acceptors (Lipinski definition) is 1. The average molecular weight is 527 g/mol. The first-order chi connectivity index (χ1) is 14.8. The van der Waals surface area contributed by atoms with Crippen LogP contribution in [0.15, 0.2) is 42.5 Å². The predicted molar refractivity (Wildman–Crippen MR) is 141 cm³/mol. The van der Waals surface area contributed by atoms with Gasteiger partial charge in [-0.25, -0.2) is 0 Å². The molecule has 0 N–H and O–H groups in total. The summed E-state index contributed by atoms with van der Waals surface area (Å²) in [7, 11) is 8.10. The van der Waals surface area contributed by atoms with E-state index in [1.165, 1.54) is 17.5 Å². The molecule has 4 rings (SSSR count). The SMILES string of the molecule is Cc1ccc(C2=CC=CC3C2CC(C(C)C)C3[Si](C)(C)N2C[N-]C[N-]C2)cc1.[CH3-].[Cl][Ti+4][Cl]. The van der Waals surface area contributed by atoms with Gasteiger partial charge in [-0.2, -0.15) is 0 Å². The first-order valence-corrected chi connectivity index (χ1v) is 18.6. The standard InChI is InChI=1S/C24H35N3Si.CH3.2ClH.Ti/c1-17(2)22-13-23-20(19-11-9-18(3)10-12-19)7-6-8-21(23)24(22)28(4,5)27-15-25-14-26-16-27;;;;/h6-12,17,21-24H,13-16H2,1-5H3;1H3;2*1H;/q-2;-1;;;+6/p-2. The third-order valence-corrected chi connectivity index (χ3v) is 11.8. The van der Waals surface area contributed by atoms with E-state index in [4.69, 9.17) is 18.6 Å². The van der Waals surface area contributed by atoms with Crippen molar-refractivity contribution in [3.63, 3.8) is 0 Å². The minimum atomic E-state index is -1.68. The molecule has 3 nitrogen and oxygen atoms in total. The summed E-state index contributed by atoms with van der Waals surface area (Å²) in [4.78, 5) is 0. The van der Waals surface area contributed by atoms with Gasteiger partial charge in [0.15, 0.2) is 0 Å². The molecule has 0 bridgehead atoms. The third kappa shape index (κ3) is 6.20. The number of benzene rings is 1. The van der Waals surface area contributed by atoms with Crippen LogP contribution < -0.4 is 0 Å². The molecule has 0 radical (unpaired) electrons. The molecule has 1 aromatic carbocycles. The van der Waals surface area contributed by atoms with Gasteiger partial charge in [0.1, 0.15) is 8.24 Å². The number of halogens is 2. The monoisotopic (exact) mass is 526 g/mol. The molecule has 1 heterocycles. The molecule has 0 spiro atoms. The Balaban J connectivity index is 0.000000860. The molecule has 174 valence electrons. The first-order valence-electron chi connectivity index (χ1n) is 11.2. The average Bonchev–Trinajstić information content (AvgIpc) is 3.17. The molecule has 1 aromatic rings. The normalized spacial score (nSPS) is 27.9. The van der Waals surface area contributed by atoms with Crippen LogP contribution >= 0.6 is 18.6 Å². The summed E-state index contributed by atoms with van der Waals surface area (Å²) in [6.07, 6.45) is 8.56. The van der Waals surface area contributed by atoms with Crippen molar-refractivity contribution in [2.24, 2.45) is 23.7 Å². The summed E-state index contributed by atoms with van der Waals surface area (Å²) in [5, 5.41) is 9.21. The van der Waals surface area contributed by atoms with Crippen molar-refractivity contribution < 1.29 is 17.0 Å². The zero-order valence-corrected chi connectivity index (χ0v) is 24.4. The van der Waals surface area contributed by atoms with Crippen molar-refractivity contribution in [2.45, 2.75) is 45.8 Å². The van der Waals surface area contributed by atoms with Crippen LogP contribution in [-0.4, -0.2) is 32.8 Å². The van der Waals surface area contributed by atoms with Crippen LogP contribution in [0.4, 0.5) is 0 Å². The predicted octanol–water partition coefficient (Wildman–Crippen LogP) is 8.19. The molecule has 3 aliphatic rings. The van der Waals surface area contributed by atoms with Crippen LogP contribution in [0, 0.1) is 38.0 Å². The van der Waals surface area contributed by atoms with Crippen LogP contribution in [0.3, 0.4) is 0 Å². The molecule has 1 saturated carbocycles. The van der Waals surface area contributed by atoms with E-state index in [0.29, 0.717) is 24.4 Å². The number of hydrogen-bond donors (Lipinski definition) is 0. The van der Waals surface area contributed by atoms with Gasteiger partial charge in [-0.15, -0.1) is 13.3 Å². The van der Waals surface area contributed by atoms with E-state index in [9.17, 15) is 0 Å². The summed E-state index contributed by atoms with van der Waals surface area (Å²) in [6, 6.07) is 9.15. The maximum atomic E-state index is 4.89. The fraction of sp³-hybridized carbons (Fsp3) is 0.560. The van der Waals surface area contributed by atoms with Gasteiger partial charge in [-0.3, -0.25) is 6.67 Å². The first kappa shape index (κ1) is 28.3. The summed E-state index contributed by atoms with van der Waals surface area (Å²) < 4.78 is 2.64. The van der Waals surface area contributed by atoms with Crippen LogP contribution in [-0.2, 0) is 17.0 Å². The molecule has 4 unspecified atom stereocenters. The van der Waals surface area contributed by atoms with Crippen LogP contribution in [0.1, 0.15) is 31.4 Å². The second-order valence-corrected chi connectivity index (χ2v) is 17.0. The van der Waals surface area contributed by atoms with Crippen molar-refractivity contribution in [2.75, 3.05) is 20.0 Å². The molecular formula is C25H38Cl2N3SiTi+. The number of fused-ring (bicyclic) bond motifs is 1. The third-order valence-electron chi connectivity index (χ3n) is 7.49. The Morgan fingerprint density at radius 1 is 1.09 bits per heavy atom. The quantitative estimate of drug-likeness (QED) is 0.287. The van der Waals surface area contributed by atoms with Crippen LogP contribution in [0.2, 0.25) is 18.6 Å². The van der Waals surface area contributed by atoms with Crippen molar-refractivity contribution >= 4 is 32.4 Å². The topological polar surface area (TPSA) is 31.4 Å². The van der Waals surface area contributed by atoms with Crippen molar-refractivity contribution in [1.29, 1.82) is 0 Å². The van der Waals surface area contributed by atoms with E-state index < -0.39 is 25.3 Å². The van der Waals surface area contributed by atoms with Gasteiger partial charge in [-0.05, 0) is 53.7 Å². The van der Waals surface area contributed by atoms with Crippen LogP contribution in [0.25, 0.3) is 16.2 Å². The van der Waals surface area contributed by atoms with E-state index in [0.717, 1.165) is 24.8 Å². The molecule has 1 aliphatic heterocycles. The molecule has 0 amide bonds. The Hall–Kier alpha value is 0.0912. The van der Waals surface area contributed by atoms with Gasteiger partial charge in [0.05, 0.1) is 0 Å². The van der Waals surface area contributed by atoms with E-state index in [-0.39, 0.29) is 7.43 Å². The minimum absolute atomic E-state index is 0. The van der Waals surface area contributed by atoms with E-state index >= 15 is 0 Å². The van der Waals surface area contributed by atoms with E-state index in [1.54, 1.807) is 5.57 Å². The summed E-state index contributed by atoms with van der Waals surface area (Å²) in [5.74, 6) is 2.79. The van der Waals surface area contributed by atoms with E-state index in [2.05, 4.69) is 91.6 Å². The van der Waals surface area contributed by atoms with Crippen LogP contribution in [0.5, 0.6) is 0 Å². The molecule has 2 aliphatic carbocycles. The zero-order valence-electron chi connectivity index (χ0n) is 20.4. The Morgan fingerprint density at radius 2 is 1.69 bits per heavy atom. The Labute approximate surface area is 214 Å². The fourth-order valence-corrected chi connectivity index (χ4v) is 10.1. The Kier molecular flexibility index (Phi) is 11.2. The summed E-state index contributed by atoms with van der Waals surface area (Å²) in [6.45, 7) is 14.6. The molecule has 2 fully saturated rings. The number of aryl methyl sites for hydroxylation is 1. The van der Waals surface area contributed by atoms with Crippen molar-refractivity contribution in [3.05, 3.63) is 71.7 Å². The van der Waals surface area contributed by atoms with Gasteiger partial charge in [0.25, 0.3) is 0 Å². The maximum absolute atomic E-state index is 4.89. The summed E-state index contributed by atoms with van der Waals surface area (Å²) in [5.41, 5.74) is 5.06. The molecule has 7 heteroatoms. The van der Waals surface area contributed by atoms with Crippen molar-refractivity contribution in [3.8, 4) is 0 Å². The number of nitrogens with zero attached hydrogens (tertiary/aromatic N) is 3. The van der Waals surface area contributed by atoms with E-state index in [1.807, 2.05) is 0 Å². The Morgan fingerprint density at radius 3 is 2.25 bits per heavy atom. The number of allylic oxidation sites excluding steroid dienone is 4. The summed E-state index contributed by atoms with van der Waals surface area (Å²) >= 11 is -0.556.